The summed E-state index contributed by atoms with van der Waals surface area (Å²) in [5.41, 5.74) is 2.46. The van der Waals surface area contributed by atoms with Gasteiger partial charge in [-0.25, -0.2) is 4.98 Å². The molecule has 1 aromatic rings. The standard InChI is InChI=1S/C12H14BrClN2/c13-11-8-16-12(14)6-9(11)7-15-10-4-2-1-3-5-10/h6,8H,1-5,7H2. The normalized spacial score (nSPS) is 16.2. The second kappa shape index (κ2) is 5.78. The Morgan fingerprint density at radius 1 is 1.31 bits per heavy atom. The molecule has 0 saturated heterocycles. The molecule has 0 N–H and O–H groups in total. The highest BCUT2D eigenvalue weighted by molar-refractivity contribution is 9.10. The fourth-order valence-electron chi connectivity index (χ4n) is 1.89. The summed E-state index contributed by atoms with van der Waals surface area (Å²) in [7, 11) is 0. The average Bonchev–Trinajstić information content (AvgIpc) is 2.32. The van der Waals surface area contributed by atoms with Crippen molar-refractivity contribution in [3.8, 4) is 0 Å². The van der Waals surface area contributed by atoms with Gasteiger partial charge < -0.3 is 0 Å². The predicted octanol–water partition coefficient (Wildman–Crippen LogP) is 4.40. The van der Waals surface area contributed by atoms with Crippen LogP contribution in [0.1, 0.15) is 37.7 Å². The minimum atomic E-state index is 0.530. The van der Waals surface area contributed by atoms with Crippen LogP contribution >= 0.6 is 27.5 Å². The predicted molar refractivity (Wildman–Crippen MR) is 71.2 cm³/mol. The van der Waals surface area contributed by atoms with Gasteiger partial charge in [0.2, 0.25) is 0 Å². The van der Waals surface area contributed by atoms with Gasteiger partial charge in [-0.1, -0.05) is 18.0 Å². The van der Waals surface area contributed by atoms with Crippen LogP contribution in [-0.2, 0) is 6.54 Å². The Balaban J connectivity index is 2.05. The minimum Gasteiger partial charge on any atom is -0.289 e. The van der Waals surface area contributed by atoms with Crippen molar-refractivity contribution in [3.63, 3.8) is 0 Å². The molecule has 0 bridgehead atoms. The molecular weight excluding hydrogens is 288 g/mol. The smallest absolute Gasteiger partial charge is 0.129 e. The number of hydrogen-bond donors (Lipinski definition) is 0. The van der Waals surface area contributed by atoms with E-state index in [1.807, 2.05) is 6.07 Å². The lowest BCUT2D eigenvalue weighted by atomic mass is 9.98. The quantitative estimate of drug-likeness (QED) is 0.743. The first-order chi connectivity index (χ1) is 7.75. The SMILES string of the molecule is Clc1cc(CN=C2CCCCC2)c(Br)cn1. The van der Waals surface area contributed by atoms with E-state index in [4.69, 9.17) is 11.6 Å². The number of aliphatic imine (C=N–C) groups is 1. The number of aromatic nitrogens is 1. The van der Waals surface area contributed by atoms with E-state index in [2.05, 4.69) is 25.9 Å². The summed E-state index contributed by atoms with van der Waals surface area (Å²) in [5, 5.41) is 0.530. The highest BCUT2D eigenvalue weighted by Crippen LogP contribution is 2.21. The van der Waals surface area contributed by atoms with Gasteiger partial charge in [-0.15, -0.1) is 0 Å². The van der Waals surface area contributed by atoms with Crippen molar-refractivity contribution in [1.82, 2.24) is 4.98 Å². The van der Waals surface area contributed by atoms with Crippen LogP contribution in [0.4, 0.5) is 0 Å². The molecule has 4 heteroatoms. The van der Waals surface area contributed by atoms with E-state index in [0.717, 1.165) is 22.9 Å². The number of pyridine rings is 1. The third-order valence-corrected chi connectivity index (χ3v) is 3.73. The summed E-state index contributed by atoms with van der Waals surface area (Å²) < 4.78 is 0.983. The van der Waals surface area contributed by atoms with Gasteiger partial charge in [0, 0.05) is 16.4 Å². The van der Waals surface area contributed by atoms with Crippen LogP contribution in [-0.4, -0.2) is 10.7 Å². The average molecular weight is 302 g/mol. The third kappa shape index (κ3) is 3.29. The molecule has 1 aromatic heterocycles. The van der Waals surface area contributed by atoms with Crippen LogP contribution in [0.5, 0.6) is 0 Å². The van der Waals surface area contributed by atoms with Crippen LogP contribution in [0.15, 0.2) is 21.7 Å². The molecule has 0 amide bonds. The van der Waals surface area contributed by atoms with Gasteiger partial charge in [0.25, 0.3) is 0 Å². The molecule has 0 spiro atoms. The molecule has 0 unspecified atom stereocenters. The Hall–Kier alpha value is -0.410. The molecule has 86 valence electrons. The Morgan fingerprint density at radius 2 is 2.06 bits per heavy atom. The van der Waals surface area contributed by atoms with Crippen molar-refractivity contribution in [2.75, 3.05) is 0 Å². The van der Waals surface area contributed by atoms with Gasteiger partial charge in [-0.2, -0.15) is 0 Å². The summed E-state index contributed by atoms with van der Waals surface area (Å²) in [4.78, 5) is 8.66. The maximum Gasteiger partial charge on any atom is 0.129 e. The number of nitrogens with zero attached hydrogens (tertiary/aromatic N) is 2. The first-order valence-electron chi connectivity index (χ1n) is 5.58. The van der Waals surface area contributed by atoms with Crippen LogP contribution < -0.4 is 0 Å². The lowest BCUT2D eigenvalue weighted by Gasteiger charge is -2.12. The van der Waals surface area contributed by atoms with Gasteiger partial charge in [0.1, 0.15) is 5.15 Å². The summed E-state index contributed by atoms with van der Waals surface area (Å²) in [6.45, 7) is 0.707. The molecule has 1 aliphatic rings. The molecule has 2 rings (SSSR count). The van der Waals surface area contributed by atoms with Crippen molar-refractivity contribution in [2.45, 2.75) is 38.6 Å². The Labute approximate surface area is 109 Å². The van der Waals surface area contributed by atoms with E-state index in [-0.39, 0.29) is 0 Å². The fourth-order valence-corrected chi connectivity index (χ4v) is 2.41. The molecular formula is C12H14BrClN2. The highest BCUT2D eigenvalue weighted by Gasteiger charge is 2.07. The lowest BCUT2D eigenvalue weighted by molar-refractivity contribution is 0.663. The molecule has 0 radical (unpaired) electrons. The second-order valence-corrected chi connectivity index (χ2v) is 5.28. The summed E-state index contributed by atoms with van der Waals surface area (Å²) in [5.74, 6) is 0. The number of halogens is 2. The molecule has 0 aliphatic heterocycles. The summed E-state index contributed by atoms with van der Waals surface area (Å²) in [6, 6.07) is 1.87. The number of hydrogen-bond acceptors (Lipinski definition) is 2. The Kier molecular flexibility index (Phi) is 4.36. The van der Waals surface area contributed by atoms with E-state index >= 15 is 0 Å². The van der Waals surface area contributed by atoms with Crippen LogP contribution in [0.25, 0.3) is 0 Å². The van der Waals surface area contributed by atoms with E-state index < -0.39 is 0 Å². The lowest BCUT2D eigenvalue weighted by Crippen LogP contribution is -2.05. The van der Waals surface area contributed by atoms with Crippen molar-refractivity contribution in [2.24, 2.45) is 4.99 Å². The molecule has 1 fully saturated rings. The number of rotatable bonds is 2. The molecule has 16 heavy (non-hydrogen) atoms. The van der Waals surface area contributed by atoms with E-state index in [9.17, 15) is 0 Å². The zero-order chi connectivity index (χ0) is 11.4. The van der Waals surface area contributed by atoms with Crippen molar-refractivity contribution in [1.29, 1.82) is 0 Å². The largest absolute Gasteiger partial charge is 0.289 e. The maximum absolute atomic E-state index is 5.86. The monoisotopic (exact) mass is 300 g/mol. The molecule has 0 aromatic carbocycles. The Bertz CT molecular complexity index is 396. The van der Waals surface area contributed by atoms with Crippen molar-refractivity contribution < 1.29 is 0 Å². The molecule has 1 aliphatic carbocycles. The zero-order valence-corrected chi connectivity index (χ0v) is 11.4. The Morgan fingerprint density at radius 3 is 2.81 bits per heavy atom. The van der Waals surface area contributed by atoms with Gasteiger partial charge in [-0.05, 0) is 53.2 Å². The molecule has 0 atom stereocenters. The van der Waals surface area contributed by atoms with Crippen LogP contribution in [0.3, 0.4) is 0 Å². The topological polar surface area (TPSA) is 25.2 Å². The molecule has 2 nitrogen and oxygen atoms in total. The maximum atomic E-state index is 5.86. The first kappa shape index (κ1) is 12.1. The second-order valence-electron chi connectivity index (χ2n) is 4.04. The van der Waals surface area contributed by atoms with Gasteiger partial charge in [0.15, 0.2) is 0 Å². The first-order valence-corrected chi connectivity index (χ1v) is 6.75. The third-order valence-electron chi connectivity index (χ3n) is 2.81. The van der Waals surface area contributed by atoms with Crippen molar-refractivity contribution >= 4 is 33.2 Å². The van der Waals surface area contributed by atoms with Gasteiger partial charge in [-0.3, -0.25) is 4.99 Å². The van der Waals surface area contributed by atoms with Crippen molar-refractivity contribution in [3.05, 3.63) is 27.5 Å². The summed E-state index contributed by atoms with van der Waals surface area (Å²) in [6.07, 6.45) is 7.99. The molecule has 1 saturated carbocycles. The van der Waals surface area contributed by atoms with Gasteiger partial charge in [0.05, 0.1) is 6.54 Å². The zero-order valence-electron chi connectivity index (χ0n) is 9.05. The summed E-state index contributed by atoms with van der Waals surface area (Å²) >= 11 is 9.32. The van der Waals surface area contributed by atoms with Crippen LogP contribution in [0, 0.1) is 0 Å². The highest BCUT2D eigenvalue weighted by atomic mass is 79.9. The van der Waals surface area contributed by atoms with Crippen LogP contribution in [0.2, 0.25) is 5.15 Å². The van der Waals surface area contributed by atoms with E-state index in [1.165, 1.54) is 25.0 Å². The fraction of sp³-hybridized carbons (Fsp3) is 0.500. The van der Waals surface area contributed by atoms with E-state index in [0.29, 0.717) is 11.7 Å². The minimum absolute atomic E-state index is 0.530. The van der Waals surface area contributed by atoms with E-state index in [1.54, 1.807) is 6.20 Å². The van der Waals surface area contributed by atoms with Gasteiger partial charge >= 0.3 is 0 Å². The molecule has 1 heterocycles.